The maximum atomic E-state index is 13.9. The first-order valence-electron chi connectivity index (χ1n) is 5.97. The second kappa shape index (κ2) is 5.43. The van der Waals surface area contributed by atoms with E-state index in [-0.39, 0.29) is 16.7 Å². The molecule has 0 nitrogen and oxygen atoms in total. The SMILES string of the molecule is CCCc1ccc(-c2ccc(F)c(F)c2)c(F)c1F. The number of hydrogen-bond donors (Lipinski definition) is 0. The van der Waals surface area contributed by atoms with Gasteiger partial charge < -0.3 is 0 Å². The predicted octanol–water partition coefficient (Wildman–Crippen LogP) is 4.86. The van der Waals surface area contributed by atoms with Gasteiger partial charge in [0.25, 0.3) is 0 Å². The molecule has 0 amide bonds. The summed E-state index contributed by atoms with van der Waals surface area (Å²) in [4.78, 5) is 0. The summed E-state index contributed by atoms with van der Waals surface area (Å²) in [6.45, 7) is 1.86. The van der Waals surface area contributed by atoms with E-state index in [1.54, 1.807) is 0 Å². The molecule has 0 heterocycles. The molecule has 0 unspecified atom stereocenters. The Morgan fingerprint density at radius 3 is 2.21 bits per heavy atom. The van der Waals surface area contributed by atoms with Crippen molar-refractivity contribution in [3.8, 4) is 11.1 Å². The smallest absolute Gasteiger partial charge is 0.166 e. The van der Waals surface area contributed by atoms with Gasteiger partial charge in [0.05, 0.1) is 0 Å². The molecule has 0 aliphatic rings. The van der Waals surface area contributed by atoms with Gasteiger partial charge in [-0.1, -0.05) is 31.5 Å². The zero-order valence-corrected chi connectivity index (χ0v) is 10.3. The second-order valence-corrected chi connectivity index (χ2v) is 4.28. The number of halogens is 4. The van der Waals surface area contributed by atoms with Crippen molar-refractivity contribution in [1.29, 1.82) is 0 Å². The Hall–Kier alpha value is -1.84. The topological polar surface area (TPSA) is 0 Å². The molecule has 2 rings (SSSR count). The van der Waals surface area contributed by atoms with Crippen molar-refractivity contribution in [2.75, 3.05) is 0 Å². The Morgan fingerprint density at radius 2 is 1.58 bits per heavy atom. The summed E-state index contributed by atoms with van der Waals surface area (Å²) in [7, 11) is 0. The minimum Gasteiger partial charge on any atom is -0.204 e. The summed E-state index contributed by atoms with van der Waals surface area (Å²) in [5, 5.41) is 0. The van der Waals surface area contributed by atoms with E-state index in [1.165, 1.54) is 18.2 Å². The number of benzene rings is 2. The van der Waals surface area contributed by atoms with E-state index in [0.717, 1.165) is 12.1 Å². The molecule has 0 aliphatic carbocycles. The van der Waals surface area contributed by atoms with Crippen LogP contribution in [0.25, 0.3) is 11.1 Å². The molecule has 0 aromatic heterocycles. The maximum Gasteiger partial charge on any atom is 0.166 e. The first kappa shape index (κ1) is 13.6. The van der Waals surface area contributed by atoms with E-state index in [9.17, 15) is 17.6 Å². The Bertz CT molecular complexity index is 605. The van der Waals surface area contributed by atoms with Gasteiger partial charge in [-0.05, 0) is 29.7 Å². The van der Waals surface area contributed by atoms with Crippen molar-refractivity contribution < 1.29 is 17.6 Å². The van der Waals surface area contributed by atoms with Crippen LogP contribution < -0.4 is 0 Å². The van der Waals surface area contributed by atoms with Crippen LogP contribution in [0.1, 0.15) is 18.9 Å². The van der Waals surface area contributed by atoms with Crippen LogP contribution in [0.5, 0.6) is 0 Å². The fourth-order valence-electron chi connectivity index (χ4n) is 1.94. The van der Waals surface area contributed by atoms with Gasteiger partial charge in [-0.2, -0.15) is 0 Å². The van der Waals surface area contributed by atoms with Gasteiger partial charge in [0.15, 0.2) is 23.3 Å². The molecule has 2 aromatic carbocycles. The molecular weight excluding hydrogens is 256 g/mol. The molecule has 0 fully saturated rings. The molecule has 0 aliphatic heterocycles. The highest BCUT2D eigenvalue weighted by molar-refractivity contribution is 5.64. The van der Waals surface area contributed by atoms with Crippen LogP contribution in [0, 0.1) is 23.3 Å². The fraction of sp³-hybridized carbons (Fsp3) is 0.200. The van der Waals surface area contributed by atoms with Crippen molar-refractivity contribution in [2.45, 2.75) is 19.8 Å². The van der Waals surface area contributed by atoms with Crippen molar-refractivity contribution in [1.82, 2.24) is 0 Å². The van der Waals surface area contributed by atoms with Crippen molar-refractivity contribution >= 4 is 0 Å². The third kappa shape index (κ3) is 2.62. The fourth-order valence-corrected chi connectivity index (χ4v) is 1.94. The quantitative estimate of drug-likeness (QED) is 0.697. The Balaban J connectivity index is 2.51. The van der Waals surface area contributed by atoms with Gasteiger partial charge >= 0.3 is 0 Å². The number of hydrogen-bond acceptors (Lipinski definition) is 0. The highest BCUT2D eigenvalue weighted by Crippen LogP contribution is 2.28. The molecule has 100 valence electrons. The average Bonchev–Trinajstić information content (AvgIpc) is 2.39. The molecule has 0 atom stereocenters. The van der Waals surface area contributed by atoms with Gasteiger partial charge in [-0.3, -0.25) is 0 Å². The molecule has 0 saturated heterocycles. The standard InChI is InChI=1S/C15H12F4/c1-2-3-9-4-6-11(15(19)14(9)18)10-5-7-12(16)13(17)8-10/h4-8H,2-3H2,1H3. The van der Waals surface area contributed by atoms with Gasteiger partial charge in [0, 0.05) is 5.56 Å². The summed E-state index contributed by atoms with van der Waals surface area (Å²) >= 11 is 0. The molecule has 0 spiro atoms. The summed E-state index contributed by atoms with van der Waals surface area (Å²) < 4.78 is 53.6. The van der Waals surface area contributed by atoms with Gasteiger partial charge in [0.2, 0.25) is 0 Å². The highest BCUT2D eigenvalue weighted by Gasteiger charge is 2.15. The normalized spacial score (nSPS) is 10.8. The Morgan fingerprint density at radius 1 is 0.842 bits per heavy atom. The first-order chi connectivity index (χ1) is 9.04. The summed E-state index contributed by atoms with van der Waals surface area (Å²) in [5.41, 5.74) is 0.320. The number of aryl methyl sites for hydroxylation is 1. The summed E-state index contributed by atoms with van der Waals surface area (Å²) in [6.07, 6.45) is 1.13. The largest absolute Gasteiger partial charge is 0.204 e. The van der Waals surface area contributed by atoms with Crippen molar-refractivity contribution in [3.63, 3.8) is 0 Å². The highest BCUT2D eigenvalue weighted by atomic mass is 19.2. The molecule has 19 heavy (non-hydrogen) atoms. The van der Waals surface area contributed by atoms with E-state index in [2.05, 4.69) is 0 Å². The van der Waals surface area contributed by atoms with Crippen LogP contribution >= 0.6 is 0 Å². The zero-order chi connectivity index (χ0) is 14.0. The van der Waals surface area contributed by atoms with Crippen LogP contribution in [0.4, 0.5) is 17.6 Å². The number of rotatable bonds is 3. The van der Waals surface area contributed by atoms with Crippen LogP contribution in [-0.4, -0.2) is 0 Å². The molecule has 0 radical (unpaired) electrons. The lowest BCUT2D eigenvalue weighted by molar-refractivity contribution is 0.499. The Labute approximate surface area is 108 Å². The maximum absolute atomic E-state index is 13.9. The van der Waals surface area contributed by atoms with Crippen molar-refractivity contribution in [3.05, 3.63) is 59.2 Å². The monoisotopic (exact) mass is 268 g/mol. The average molecular weight is 268 g/mol. The minimum absolute atomic E-state index is 0.0729. The van der Waals surface area contributed by atoms with Crippen molar-refractivity contribution in [2.24, 2.45) is 0 Å². The Kier molecular flexibility index (Phi) is 3.88. The molecular formula is C15H12F4. The van der Waals surface area contributed by atoms with Crippen LogP contribution in [0.15, 0.2) is 30.3 Å². The van der Waals surface area contributed by atoms with E-state index in [0.29, 0.717) is 12.8 Å². The minimum atomic E-state index is -1.09. The van der Waals surface area contributed by atoms with Crippen LogP contribution in [0.3, 0.4) is 0 Å². The first-order valence-corrected chi connectivity index (χ1v) is 5.97. The van der Waals surface area contributed by atoms with Gasteiger partial charge in [0.1, 0.15) is 0 Å². The summed E-state index contributed by atoms with van der Waals surface area (Å²) in [5.74, 6) is -4.07. The molecule has 0 N–H and O–H groups in total. The molecule has 2 aromatic rings. The summed E-state index contributed by atoms with van der Waals surface area (Å²) in [6, 6.07) is 5.82. The van der Waals surface area contributed by atoms with Crippen LogP contribution in [-0.2, 0) is 6.42 Å². The van der Waals surface area contributed by atoms with Crippen LogP contribution in [0.2, 0.25) is 0 Å². The zero-order valence-electron chi connectivity index (χ0n) is 10.3. The van der Waals surface area contributed by atoms with Gasteiger partial charge in [-0.25, -0.2) is 17.6 Å². The third-order valence-corrected chi connectivity index (χ3v) is 2.91. The van der Waals surface area contributed by atoms with E-state index in [1.807, 2.05) is 6.92 Å². The lowest BCUT2D eigenvalue weighted by Crippen LogP contribution is -1.97. The predicted molar refractivity (Wildman–Crippen MR) is 65.7 cm³/mol. The van der Waals surface area contributed by atoms with Gasteiger partial charge in [-0.15, -0.1) is 0 Å². The van der Waals surface area contributed by atoms with E-state index < -0.39 is 23.3 Å². The third-order valence-electron chi connectivity index (χ3n) is 2.91. The molecule has 0 saturated carbocycles. The lowest BCUT2D eigenvalue weighted by atomic mass is 10.0. The molecule has 4 heteroatoms. The lowest BCUT2D eigenvalue weighted by Gasteiger charge is -2.08. The molecule has 0 bridgehead atoms. The second-order valence-electron chi connectivity index (χ2n) is 4.28. The van der Waals surface area contributed by atoms with E-state index in [4.69, 9.17) is 0 Å². The van der Waals surface area contributed by atoms with E-state index >= 15 is 0 Å².